The lowest BCUT2D eigenvalue weighted by atomic mass is 9.92. The third kappa shape index (κ3) is 4.31. The van der Waals surface area contributed by atoms with Gasteiger partial charge in [0.2, 0.25) is 0 Å². The maximum absolute atomic E-state index is 11.0. The van der Waals surface area contributed by atoms with Crippen LogP contribution in [-0.2, 0) is 0 Å². The first-order valence-electron chi connectivity index (χ1n) is 14.5. The maximum atomic E-state index is 11.0. The van der Waals surface area contributed by atoms with E-state index in [9.17, 15) is 10.2 Å². The van der Waals surface area contributed by atoms with E-state index >= 15 is 0 Å². The maximum Gasteiger partial charge on any atom is 0.132 e. The SMILES string of the molecule is Oc1c(C=NCCSCCN=Cc2cc3ccc4cccc5ccc(c2O)c3c45)cc2ccc3cccc4ccc1c2c34. The van der Waals surface area contributed by atoms with Gasteiger partial charge in [0, 0.05) is 69.7 Å². The Labute approximate surface area is 252 Å². The van der Waals surface area contributed by atoms with Gasteiger partial charge in [-0.05, 0) is 67.4 Å². The normalized spacial score (nSPS) is 12.7. The number of aromatic hydroxyl groups is 2. The summed E-state index contributed by atoms with van der Waals surface area (Å²) in [4.78, 5) is 9.21. The molecule has 0 saturated heterocycles. The highest BCUT2D eigenvalue weighted by molar-refractivity contribution is 7.99. The molecular formula is C38H28N2O2S. The van der Waals surface area contributed by atoms with Crippen molar-refractivity contribution in [3.8, 4) is 11.5 Å². The van der Waals surface area contributed by atoms with Crippen molar-refractivity contribution in [3.05, 3.63) is 108 Å². The van der Waals surface area contributed by atoms with Gasteiger partial charge in [0.05, 0.1) is 0 Å². The van der Waals surface area contributed by atoms with E-state index in [0.29, 0.717) is 13.1 Å². The molecule has 0 fully saturated rings. The molecule has 0 atom stereocenters. The second kappa shape index (κ2) is 10.4. The van der Waals surface area contributed by atoms with Crippen molar-refractivity contribution in [1.29, 1.82) is 0 Å². The number of nitrogens with zero attached hydrogens (tertiary/aromatic N) is 2. The molecule has 8 aromatic rings. The zero-order valence-corrected chi connectivity index (χ0v) is 24.2. The third-order valence-electron chi connectivity index (χ3n) is 8.49. The van der Waals surface area contributed by atoms with Crippen molar-refractivity contribution in [1.82, 2.24) is 0 Å². The Hall–Kier alpha value is -4.87. The molecule has 5 heteroatoms. The van der Waals surface area contributed by atoms with Crippen LogP contribution in [0.25, 0.3) is 64.6 Å². The smallest absolute Gasteiger partial charge is 0.132 e. The number of phenols is 2. The molecule has 0 aliphatic heterocycles. The molecule has 0 bridgehead atoms. The minimum atomic E-state index is 0.284. The molecule has 0 aliphatic rings. The highest BCUT2D eigenvalue weighted by atomic mass is 32.2. The molecule has 2 N–H and O–H groups in total. The van der Waals surface area contributed by atoms with Gasteiger partial charge in [-0.2, -0.15) is 11.8 Å². The Morgan fingerprint density at radius 3 is 1.33 bits per heavy atom. The lowest BCUT2D eigenvalue weighted by Crippen LogP contribution is -1.94. The van der Waals surface area contributed by atoms with Gasteiger partial charge in [0.15, 0.2) is 0 Å². The molecule has 0 saturated carbocycles. The van der Waals surface area contributed by atoms with E-state index in [4.69, 9.17) is 0 Å². The summed E-state index contributed by atoms with van der Waals surface area (Å²) in [6.45, 7) is 1.33. The molecule has 0 spiro atoms. The van der Waals surface area contributed by atoms with Gasteiger partial charge in [-0.3, -0.25) is 9.98 Å². The Balaban J connectivity index is 0.907. The fourth-order valence-corrected chi connectivity index (χ4v) is 7.17. The summed E-state index contributed by atoms with van der Waals surface area (Å²) in [5.74, 6) is 2.30. The monoisotopic (exact) mass is 576 g/mol. The number of rotatable bonds is 8. The van der Waals surface area contributed by atoms with Crippen molar-refractivity contribution in [3.63, 3.8) is 0 Å². The van der Waals surface area contributed by atoms with Crippen LogP contribution in [-0.4, -0.2) is 47.2 Å². The van der Waals surface area contributed by atoms with Crippen molar-refractivity contribution in [2.75, 3.05) is 24.6 Å². The zero-order valence-electron chi connectivity index (χ0n) is 23.4. The van der Waals surface area contributed by atoms with Gasteiger partial charge in [0.1, 0.15) is 11.5 Å². The van der Waals surface area contributed by atoms with Crippen LogP contribution in [0.4, 0.5) is 0 Å². The average molecular weight is 577 g/mol. The predicted molar refractivity (Wildman–Crippen MR) is 186 cm³/mol. The van der Waals surface area contributed by atoms with E-state index in [-0.39, 0.29) is 11.5 Å². The van der Waals surface area contributed by atoms with E-state index in [1.807, 2.05) is 24.3 Å². The summed E-state index contributed by atoms with van der Waals surface area (Å²) in [7, 11) is 0. The first-order valence-corrected chi connectivity index (χ1v) is 15.7. The second-order valence-corrected chi connectivity index (χ2v) is 12.2. The second-order valence-electron chi connectivity index (χ2n) is 11.0. The fraction of sp³-hybridized carbons (Fsp3) is 0.105. The minimum absolute atomic E-state index is 0.284. The number of hydrogen-bond donors (Lipinski definition) is 2. The number of benzene rings is 8. The lowest BCUT2D eigenvalue weighted by Gasteiger charge is -2.13. The zero-order chi connectivity index (χ0) is 28.9. The van der Waals surface area contributed by atoms with Crippen LogP contribution in [0.3, 0.4) is 0 Å². The molecule has 0 heterocycles. The quantitative estimate of drug-likeness (QED) is 0.108. The van der Waals surface area contributed by atoms with E-state index in [2.05, 4.69) is 82.8 Å². The van der Waals surface area contributed by atoms with Crippen LogP contribution >= 0.6 is 11.8 Å². The average Bonchev–Trinajstić information content (AvgIpc) is 3.04. The van der Waals surface area contributed by atoms with Crippen molar-refractivity contribution < 1.29 is 10.2 Å². The van der Waals surface area contributed by atoms with E-state index in [1.165, 1.54) is 32.3 Å². The Morgan fingerprint density at radius 2 is 0.884 bits per heavy atom. The van der Waals surface area contributed by atoms with Crippen LogP contribution in [0.15, 0.2) is 107 Å². The summed E-state index contributed by atoms with van der Waals surface area (Å²) >= 11 is 1.80. The summed E-state index contributed by atoms with van der Waals surface area (Å²) in [6, 6.07) is 33.4. The van der Waals surface area contributed by atoms with Crippen LogP contribution < -0.4 is 0 Å². The van der Waals surface area contributed by atoms with E-state index < -0.39 is 0 Å². The largest absolute Gasteiger partial charge is 0.507 e. The van der Waals surface area contributed by atoms with Crippen molar-refractivity contribution in [2.24, 2.45) is 9.98 Å². The third-order valence-corrected chi connectivity index (χ3v) is 9.43. The van der Waals surface area contributed by atoms with Gasteiger partial charge in [0.25, 0.3) is 0 Å². The molecule has 0 aliphatic carbocycles. The van der Waals surface area contributed by atoms with Crippen LogP contribution in [0.5, 0.6) is 11.5 Å². The Morgan fingerprint density at radius 1 is 0.488 bits per heavy atom. The highest BCUT2D eigenvalue weighted by Gasteiger charge is 2.14. The van der Waals surface area contributed by atoms with Crippen molar-refractivity contribution >= 4 is 88.8 Å². The topological polar surface area (TPSA) is 65.2 Å². The summed E-state index contributed by atoms with van der Waals surface area (Å²) in [5, 5.41) is 35.4. The molecular weight excluding hydrogens is 548 g/mol. The molecule has 4 nitrogen and oxygen atoms in total. The first-order chi connectivity index (χ1) is 21.2. The van der Waals surface area contributed by atoms with Gasteiger partial charge in [-0.15, -0.1) is 0 Å². The van der Waals surface area contributed by atoms with E-state index in [0.717, 1.165) is 54.9 Å². The van der Waals surface area contributed by atoms with Gasteiger partial charge >= 0.3 is 0 Å². The summed E-state index contributed by atoms with van der Waals surface area (Å²) < 4.78 is 0. The fourth-order valence-electron chi connectivity index (χ4n) is 6.50. The highest BCUT2D eigenvalue weighted by Crippen LogP contribution is 2.41. The Kier molecular flexibility index (Phi) is 6.27. The van der Waals surface area contributed by atoms with Crippen molar-refractivity contribution in [2.45, 2.75) is 0 Å². The predicted octanol–water partition coefficient (Wildman–Crippen LogP) is 9.16. The molecule has 43 heavy (non-hydrogen) atoms. The van der Waals surface area contributed by atoms with Crippen LogP contribution in [0, 0.1) is 0 Å². The lowest BCUT2D eigenvalue weighted by molar-refractivity contribution is 0.480. The standard InChI is InChI=1S/C38H28N2O2S/c41-37-29(19-27-9-7-23-3-1-5-25-11-13-31(37)35(27)33(23)25)21-39-15-17-43-18-16-40-22-30-20-28-10-8-24-4-2-6-26-12-14-32(38(30)42)36(28)34(24)26/h1-14,19-22,41-42H,15-18H2. The molecule has 8 aromatic carbocycles. The number of aliphatic imine (C=N–C) groups is 2. The number of thioether (sulfide) groups is 1. The van der Waals surface area contributed by atoms with Crippen LogP contribution in [0.1, 0.15) is 11.1 Å². The molecule has 0 amide bonds. The number of phenolic OH excluding ortho intramolecular Hbond substituents is 2. The molecule has 0 unspecified atom stereocenters. The molecule has 0 aromatic heterocycles. The molecule has 208 valence electrons. The first kappa shape index (κ1) is 25.8. The minimum Gasteiger partial charge on any atom is -0.507 e. The van der Waals surface area contributed by atoms with E-state index in [1.54, 1.807) is 24.2 Å². The Bertz CT molecular complexity index is 2160. The molecule has 8 rings (SSSR count). The number of hydrogen-bond acceptors (Lipinski definition) is 5. The van der Waals surface area contributed by atoms with Gasteiger partial charge in [-0.1, -0.05) is 72.8 Å². The van der Waals surface area contributed by atoms with Crippen LogP contribution in [0.2, 0.25) is 0 Å². The van der Waals surface area contributed by atoms with Gasteiger partial charge in [-0.25, -0.2) is 0 Å². The van der Waals surface area contributed by atoms with Gasteiger partial charge < -0.3 is 10.2 Å². The summed E-state index contributed by atoms with van der Waals surface area (Å²) in [5.41, 5.74) is 1.49. The summed E-state index contributed by atoms with van der Waals surface area (Å²) in [6.07, 6.45) is 3.58. The molecule has 0 radical (unpaired) electrons.